The third kappa shape index (κ3) is 3.99. The first-order chi connectivity index (χ1) is 8.76. The second-order valence-electron chi connectivity index (χ2n) is 6.28. The maximum absolute atomic E-state index is 11.6. The zero-order chi connectivity index (χ0) is 14.7. The molecule has 0 aromatic rings. The van der Waals surface area contributed by atoms with Gasteiger partial charge in [0, 0.05) is 31.1 Å². The Bertz CT molecular complexity index is 366. The number of nitrogens with one attached hydrogen (secondary N) is 2. The van der Waals surface area contributed by atoms with Gasteiger partial charge in [-0.25, -0.2) is 0 Å². The Morgan fingerprint density at radius 3 is 2.25 bits per heavy atom. The minimum absolute atomic E-state index is 0. The van der Waals surface area contributed by atoms with Gasteiger partial charge in [-0.2, -0.15) is 0 Å². The quantitative estimate of drug-likeness (QED) is 0.433. The van der Waals surface area contributed by atoms with Crippen LogP contribution in [-0.2, 0) is 4.79 Å². The lowest BCUT2D eigenvalue weighted by molar-refractivity contribution is -0.120. The Morgan fingerprint density at radius 1 is 1.25 bits per heavy atom. The maximum Gasteiger partial charge on any atom is 0.239 e. The molecule has 0 spiro atoms. The molecule has 20 heavy (non-hydrogen) atoms. The van der Waals surface area contributed by atoms with Gasteiger partial charge in [-0.3, -0.25) is 9.79 Å². The second-order valence-corrected chi connectivity index (χ2v) is 6.28. The summed E-state index contributed by atoms with van der Waals surface area (Å²) in [5.41, 5.74) is 0.309. The first-order valence-corrected chi connectivity index (χ1v) is 7.01. The van der Waals surface area contributed by atoms with Crippen molar-refractivity contribution in [1.82, 2.24) is 15.5 Å². The number of hydrogen-bond donors (Lipinski definition) is 2. The summed E-state index contributed by atoms with van der Waals surface area (Å²) in [6, 6.07) is 0. The van der Waals surface area contributed by atoms with Crippen molar-refractivity contribution in [3.05, 3.63) is 0 Å². The van der Waals surface area contributed by atoms with E-state index in [1.165, 1.54) is 0 Å². The van der Waals surface area contributed by atoms with Crippen molar-refractivity contribution in [2.24, 2.45) is 10.4 Å². The summed E-state index contributed by atoms with van der Waals surface area (Å²) in [5.74, 6) is 0.816. The van der Waals surface area contributed by atoms with Crippen LogP contribution in [0.15, 0.2) is 4.99 Å². The number of halogens is 1. The highest BCUT2D eigenvalue weighted by atomic mass is 127. The Labute approximate surface area is 140 Å². The predicted molar refractivity (Wildman–Crippen MR) is 94.6 cm³/mol. The van der Waals surface area contributed by atoms with Crippen molar-refractivity contribution in [3.8, 4) is 0 Å². The molecule has 0 radical (unpaired) electrons. The number of guanidine groups is 1. The number of amides is 1. The van der Waals surface area contributed by atoms with E-state index in [2.05, 4.69) is 48.2 Å². The zero-order valence-corrected chi connectivity index (χ0v) is 15.9. The SMILES string of the molecule is CCCNC(=O)CNC(=NC)N1CC(C)(C)C1(C)C.I. The number of carbonyl (C=O) groups excluding carboxylic acids is 1. The van der Waals surface area contributed by atoms with Gasteiger partial charge in [-0.1, -0.05) is 20.8 Å². The number of likely N-dealkylation sites (tertiary alicyclic amines) is 1. The lowest BCUT2D eigenvalue weighted by Gasteiger charge is -2.62. The summed E-state index contributed by atoms with van der Waals surface area (Å²) in [7, 11) is 1.76. The van der Waals surface area contributed by atoms with E-state index in [0.717, 1.165) is 25.5 Å². The van der Waals surface area contributed by atoms with Crippen molar-refractivity contribution in [1.29, 1.82) is 0 Å². The number of hydrogen-bond acceptors (Lipinski definition) is 2. The fourth-order valence-corrected chi connectivity index (χ4v) is 2.18. The van der Waals surface area contributed by atoms with E-state index in [1.807, 2.05) is 6.92 Å². The first-order valence-electron chi connectivity index (χ1n) is 7.01. The van der Waals surface area contributed by atoms with Crippen LogP contribution < -0.4 is 10.6 Å². The van der Waals surface area contributed by atoms with Crippen LogP contribution in [0.1, 0.15) is 41.0 Å². The summed E-state index contributed by atoms with van der Waals surface area (Å²) in [5, 5.41) is 5.99. The molecule has 5 nitrogen and oxygen atoms in total. The lowest BCUT2D eigenvalue weighted by Crippen LogP contribution is -2.72. The molecule has 0 unspecified atom stereocenters. The summed E-state index contributed by atoms with van der Waals surface area (Å²) >= 11 is 0. The highest BCUT2D eigenvalue weighted by Crippen LogP contribution is 2.46. The summed E-state index contributed by atoms with van der Waals surface area (Å²) in [6.07, 6.45) is 0.952. The Balaban J connectivity index is 0.00000361. The van der Waals surface area contributed by atoms with Gasteiger partial charge in [0.05, 0.1) is 6.54 Å². The molecule has 0 aromatic heterocycles. The summed E-state index contributed by atoms with van der Waals surface area (Å²) in [4.78, 5) is 18.1. The molecule has 1 aliphatic heterocycles. The van der Waals surface area contributed by atoms with Crippen LogP contribution in [0, 0.1) is 5.41 Å². The monoisotopic (exact) mass is 396 g/mol. The first kappa shape index (κ1) is 19.5. The molecule has 1 amide bonds. The van der Waals surface area contributed by atoms with Gasteiger partial charge in [-0.15, -0.1) is 24.0 Å². The zero-order valence-electron chi connectivity index (χ0n) is 13.5. The molecule has 118 valence electrons. The molecular weight excluding hydrogens is 367 g/mol. The minimum atomic E-state index is 0. The molecule has 2 N–H and O–H groups in total. The van der Waals surface area contributed by atoms with E-state index in [4.69, 9.17) is 0 Å². The van der Waals surface area contributed by atoms with Crippen LogP contribution in [0.4, 0.5) is 0 Å². The molecule has 1 rings (SSSR count). The molecule has 0 aromatic carbocycles. The van der Waals surface area contributed by atoms with Crippen molar-refractivity contribution in [3.63, 3.8) is 0 Å². The minimum Gasteiger partial charge on any atom is -0.355 e. The van der Waals surface area contributed by atoms with E-state index in [-0.39, 0.29) is 47.4 Å². The Morgan fingerprint density at radius 2 is 1.85 bits per heavy atom. The van der Waals surface area contributed by atoms with Gasteiger partial charge in [0.15, 0.2) is 5.96 Å². The third-order valence-corrected chi connectivity index (χ3v) is 4.33. The standard InChI is InChI=1S/C14H28N4O.HI/c1-7-8-16-11(19)9-17-12(15-6)18-10-13(2,3)14(18,4)5;/h7-10H2,1-6H3,(H,15,17)(H,16,19);1H. The van der Waals surface area contributed by atoms with E-state index in [1.54, 1.807) is 7.05 Å². The van der Waals surface area contributed by atoms with Gasteiger partial charge in [0.1, 0.15) is 0 Å². The van der Waals surface area contributed by atoms with Crippen molar-refractivity contribution >= 4 is 35.8 Å². The normalized spacial score (nSPS) is 19.7. The highest BCUT2D eigenvalue weighted by molar-refractivity contribution is 14.0. The molecule has 1 aliphatic rings. The molecule has 0 saturated carbocycles. The van der Waals surface area contributed by atoms with Crippen LogP contribution in [0.3, 0.4) is 0 Å². The van der Waals surface area contributed by atoms with Crippen LogP contribution in [-0.4, -0.2) is 49.0 Å². The van der Waals surface area contributed by atoms with Crippen LogP contribution in [0.2, 0.25) is 0 Å². The average Bonchev–Trinajstić information content (AvgIpc) is 2.35. The average molecular weight is 396 g/mol. The van der Waals surface area contributed by atoms with Crippen LogP contribution in [0.5, 0.6) is 0 Å². The second kappa shape index (κ2) is 7.47. The van der Waals surface area contributed by atoms with E-state index in [9.17, 15) is 4.79 Å². The number of nitrogens with zero attached hydrogens (tertiary/aromatic N) is 2. The molecule has 1 saturated heterocycles. The summed E-state index contributed by atoms with van der Waals surface area (Å²) in [6.45, 7) is 12.9. The third-order valence-electron chi connectivity index (χ3n) is 4.33. The van der Waals surface area contributed by atoms with Crippen LogP contribution in [0.25, 0.3) is 0 Å². The van der Waals surface area contributed by atoms with E-state index >= 15 is 0 Å². The fourth-order valence-electron chi connectivity index (χ4n) is 2.18. The molecule has 1 fully saturated rings. The number of rotatable bonds is 4. The maximum atomic E-state index is 11.6. The predicted octanol–water partition coefficient (Wildman–Crippen LogP) is 1.83. The van der Waals surface area contributed by atoms with Crippen molar-refractivity contribution in [2.45, 2.75) is 46.6 Å². The Kier molecular flexibility index (Phi) is 7.27. The lowest BCUT2D eigenvalue weighted by atomic mass is 9.65. The van der Waals surface area contributed by atoms with E-state index < -0.39 is 0 Å². The molecule has 0 atom stereocenters. The van der Waals surface area contributed by atoms with Gasteiger partial charge in [0.2, 0.25) is 5.91 Å². The molecule has 6 heteroatoms. The van der Waals surface area contributed by atoms with Gasteiger partial charge >= 0.3 is 0 Å². The van der Waals surface area contributed by atoms with Gasteiger partial charge in [0.25, 0.3) is 0 Å². The molecule has 0 aliphatic carbocycles. The van der Waals surface area contributed by atoms with Gasteiger partial charge < -0.3 is 15.5 Å². The van der Waals surface area contributed by atoms with Gasteiger partial charge in [-0.05, 0) is 20.3 Å². The van der Waals surface area contributed by atoms with E-state index in [0.29, 0.717) is 0 Å². The topological polar surface area (TPSA) is 56.7 Å². The van der Waals surface area contributed by atoms with Crippen LogP contribution >= 0.6 is 24.0 Å². The van der Waals surface area contributed by atoms with Crippen molar-refractivity contribution < 1.29 is 4.79 Å². The largest absolute Gasteiger partial charge is 0.355 e. The highest BCUT2D eigenvalue weighted by Gasteiger charge is 2.53. The number of carbonyl (C=O) groups is 1. The summed E-state index contributed by atoms with van der Waals surface area (Å²) < 4.78 is 0. The fraction of sp³-hybridized carbons (Fsp3) is 0.857. The van der Waals surface area contributed by atoms with Crippen molar-refractivity contribution in [2.75, 3.05) is 26.7 Å². The molecule has 1 heterocycles. The molecular formula is C14H29IN4O. The number of aliphatic imine (C=N–C) groups is 1. The smallest absolute Gasteiger partial charge is 0.239 e. The Hall–Kier alpha value is -0.530. The molecule has 0 bridgehead atoms.